The summed E-state index contributed by atoms with van der Waals surface area (Å²) in [5, 5.41) is 12.5. The lowest BCUT2D eigenvalue weighted by atomic mass is 9.45. The minimum atomic E-state index is -0.912. The highest BCUT2D eigenvalue weighted by atomic mass is 16.7. The van der Waals surface area contributed by atoms with E-state index in [0.29, 0.717) is 18.8 Å². The molecule has 0 radical (unpaired) electrons. The Balaban J connectivity index is 0.985. The summed E-state index contributed by atoms with van der Waals surface area (Å²) in [6.07, 6.45) is 18.5. The summed E-state index contributed by atoms with van der Waals surface area (Å²) in [6, 6.07) is 3.39. The van der Waals surface area contributed by atoms with Crippen molar-refractivity contribution >= 4 is 18.1 Å². The van der Waals surface area contributed by atoms with Crippen LogP contribution in [-0.4, -0.2) is 41.5 Å². The van der Waals surface area contributed by atoms with Crippen LogP contribution in [0.1, 0.15) is 155 Å². The zero-order chi connectivity index (χ0) is 35.9. The minimum absolute atomic E-state index is 0.0188. The van der Waals surface area contributed by atoms with Crippen LogP contribution >= 0.6 is 0 Å². The number of unbranched alkanes of at least 4 members (excludes halogenated alkanes) is 7. The molecule has 9 nitrogen and oxygen atoms in total. The lowest BCUT2D eigenvalue weighted by Crippen LogP contribution is -2.60. The van der Waals surface area contributed by atoms with E-state index in [1.807, 2.05) is 19.9 Å². The highest BCUT2D eigenvalue weighted by Crippen LogP contribution is 2.70. The topological polar surface area (TPSA) is 129 Å². The predicted molar refractivity (Wildman–Crippen MR) is 189 cm³/mol. The normalized spacial score (nSPS) is 31.6. The number of fused-ring (bicyclic) bond motifs is 5. The summed E-state index contributed by atoms with van der Waals surface area (Å²) in [5.74, 6) is 0.375. The van der Waals surface area contributed by atoms with Crippen molar-refractivity contribution in [1.82, 2.24) is 0 Å². The van der Waals surface area contributed by atoms with E-state index in [2.05, 4.69) is 24.7 Å². The first-order chi connectivity index (χ1) is 23.9. The third kappa shape index (κ3) is 8.56. The molecule has 1 aromatic heterocycles. The van der Waals surface area contributed by atoms with E-state index in [4.69, 9.17) is 13.9 Å². The largest absolute Gasteiger partial charge is 0.516 e. The molecule has 50 heavy (non-hydrogen) atoms. The number of hydrogen-bond donors (Lipinski definition) is 1. The van der Waals surface area contributed by atoms with Crippen molar-refractivity contribution in [3.05, 3.63) is 46.0 Å². The van der Waals surface area contributed by atoms with Gasteiger partial charge in [-0.1, -0.05) is 71.8 Å². The second-order valence-corrected chi connectivity index (χ2v) is 16.5. The Morgan fingerprint density at radius 1 is 0.860 bits per heavy atom. The van der Waals surface area contributed by atoms with Crippen molar-refractivity contribution < 1.29 is 38.1 Å². The summed E-state index contributed by atoms with van der Waals surface area (Å²) in [7, 11) is 0. The van der Waals surface area contributed by atoms with E-state index >= 15 is 0 Å². The third-order valence-electron chi connectivity index (χ3n) is 12.9. The minimum Gasteiger partial charge on any atom is -0.458 e. The molecule has 3 fully saturated rings. The van der Waals surface area contributed by atoms with Crippen molar-refractivity contribution in [3.8, 4) is 0 Å². The number of rotatable bonds is 15. The van der Waals surface area contributed by atoms with Gasteiger partial charge in [-0.3, -0.25) is 9.59 Å². The van der Waals surface area contributed by atoms with Gasteiger partial charge in [0.05, 0.1) is 18.5 Å². The van der Waals surface area contributed by atoms with E-state index in [1.165, 1.54) is 11.6 Å². The standard InChI is InChI=1S/C41H60O9/c1-28(2)26-48-38(45)50-37(44)14-12-10-8-6-5-7-9-11-13-36(43)49-31-19-22-39(3)30(25-31)16-17-34-33(39)20-23-40(4)32(21-24-41(34,40)46)29-15-18-35(42)47-27-29/h15,18,25,27-28,31-34,46H,5-14,16-17,19-24,26H2,1-4H3/t31-,32+,33-,34+,39-,40+,41-/m0/s1. The molecular formula is C41H60O9. The van der Waals surface area contributed by atoms with Crippen LogP contribution < -0.4 is 5.63 Å². The molecule has 278 valence electrons. The molecule has 4 aliphatic rings. The van der Waals surface area contributed by atoms with Crippen LogP contribution in [0.25, 0.3) is 0 Å². The SMILES string of the molecule is CC(C)COC(=O)OC(=O)CCCCCCCCCCC(=O)O[C@@H]1C=C2CC[C@@H]3[C@H](CC[C@]4(C)[C@@H](c5ccc(=O)oc5)CC[C@]34O)[C@@]2(C)CC1. The average Bonchev–Trinajstić information content (AvgIpc) is 3.36. The highest BCUT2D eigenvalue weighted by Gasteiger charge is 2.66. The van der Waals surface area contributed by atoms with Crippen LogP contribution in [0.3, 0.4) is 0 Å². The lowest BCUT2D eigenvalue weighted by Gasteiger charge is -2.61. The zero-order valence-corrected chi connectivity index (χ0v) is 30.8. The number of esters is 2. The molecule has 1 N–H and O–H groups in total. The number of ether oxygens (including phenoxy) is 3. The van der Waals surface area contributed by atoms with Gasteiger partial charge in [0, 0.05) is 24.3 Å². The Hall–Kier alpha value is -2.94. The van der Waals surface area contributed by atoms with E-state index in [9.17, 15) is 24.3 Å². The molecule has 0 bridgehead atoms. The maximum atomic E-state index is 12.8. The molecule has 0 amide bonds. The van der Waals surface area contributed by atoms with Gasteiger partial charge in [-0.2, -0.15) is 0 Å². The number of allylic oxidation sites excluding steroid dienone is 1. The molecule has 0 spiro atoms. The first kappa shape index (κ1) is 38.3. The molecule has 7 atom stereocenters. The van der Waals surface area contributed by atoms with Crippen LogP contribution in [-0.2, 0) is 23.8 Å². The summed E-state index contributed by atoms with van der Waals surface area (Å²) in [6.45, 7) is 8.72. The van der Waals surface area contributed by atoms with Gasteiger partial charge in [-0.25, -0.2) is 9.59 Å². The molecule has 9 heteroatoms. The molecule has 0 aliphatic heterocycles. The smallest absolute Gasteiger partial charge is 0.458 e. The van der Waals surface area contributed by atoms with Crippen molar-refractivity contribution in [2.24, 2.45) is 28.6 Å². The Kier molecular flexibility index (Phi) is 12.7. The fraction of sp³-hybridized carbons (Fsp3) is 0.756. The van der Waals surface area contributed by atoms with Gasteiger partial charge in [0.15, 0.2) is 0 Å². The van der Waals surface area contributed by atoms with Gasteiger partial charge in [0.1, 0.15) is 6.10 Å². The van der Waals surface area contributed by atoms with Crippen LogP contribution in [0.15, 0.2) is 39.3 Å². The van der Waals surface area contributed by atoms with Gasteiger partial charge in [0.25, 0.3) is 0 Å². The Morgan fingerprint density at radius 3 is 2.20 bits per heavy atom. The van der Waals surface area contributed by atoms with Crippen molar-refractivity contribution in [3.63, 3.8) is 0 Å². The number of carbonyl (C=O) groups is 3. The summed E-state index contributed by atoms with van der Waals surface area (Å²) < 4.78 is 20.7. The Bertz CT molecular complexity index is 1410. The quantitative estimate of drug-likeness (QED) is 0.0827. The molecule has 0 aromatic carbocycles. The van der Waals surface area contributed by atoms with E-state index in [1.54, 1.807) is 6.26 Å². The molecular weight excluding hydrogens is 636 g/mol. The maximum Gasteiger partial charge on any atom is 0.516 e. The summed E-state index contributed by atoms with van der Waals surface area (Å²) in [5.41, 5.74) is 1.13. The van der Waals surface area contributed by atoms with Crippen LogP contribution in [0.2, 0.25) is 0 Å². The van der Waals surface area contributed by atoms with Crippen molar-refractivity contribution in [2.45, 2.75) is 161 Å². The highest BCUT2D eigenvalue weighted by molar-refractivity contribution is 5.81. The van der Waals surface area contributed by atoms with E-state index < -0.39 is 17.7 Å². The molecule has 1 aromatic rings. The Labute approximate surface area is 297 Å². The van der Waals surface area contributed by atoms with Crippen molar-refractivity contribution in [2.75, 3.05) is 6.61 Å². The average molecular weight is 697 g/mol. The Morgan fingerprint density at radius 2 is 1.54 bits per heavy atom. The molecule has 3 saturated carbocycles. The van der Waals surface area contributed by atoms with Gasteiger partial charge < -0.3 is 23.7 Å². The second kappa shape index (κ2) is 16.6. The number of carbonyl (C=O) groups excluding carboxylic acids is 3. The fourth-order valence-electron chi connectivity index (χ4n) is 10.1. The fourth-order valence-corrected chi connectivity index (χ4v) is 10.1. The van der Waals surface area contributed by atoms with Gasteiger partial charge in [0.2, 0.25) is 0 Å². The third-order valence-corrected chi connectivity index (χ3v) is 12.9. The first-order valence-electron chi connectivity index (χ1n) is 19.4. The van der Waals surface area contributed by atoms with E-state index in [0.717, 1.165) is 102 Å². The maximum absolute atomic E-state index is 12.8. The lowest BCUT2D eigenvalue weighted by molar-refractivity contribution is -0.178. The molecule has 0 saturated heterocycles. The summed E-state index contributed by atoms with van der Waals surface area (Å²) >= 11 is 0. The first-order valence-corrected chi connectivity index (χ1v) is 19.4. The monoisotopic (exact) mass is 696 g/mol. The molecule has 5 rings (SSSR count). The van der Waals surface area contributed by atoms with Gasteiger partial charge in [-0.15, -0.1) is 0 Å². The van der Waals surface area contributed by atoms with Gasteiger partial charge >= 0.3 is 23.7 Å². The number of aliphatic hydroxyl groups is 1. The number of hydrogen-bond acceptors (Lipinski definition) is 9. The van der Waals surface area contributed by atoms with Gasteiger partial charge in [-0.05, 0) is 111 Å². The molecule has 1 heterocycles. The summed E-state index contributed by atoms with van der Waals surface area (Å²) in [4.78, 5) is 47.6. The predicted octanol–water partition coefficient (Wildman–Crippen LogP) is 8.95. The molecule has 4 aliphatic carbocycles. The van der Waals surface area contributed by atoms with E-state index in [-0.39, 0.29) is 59.3 Å². The zero-order valence-electron chi connectivity index (χ0n) is 30.8. The van der Waals surface area contributed by atoms with Crippen LogP contribution in [0.5, 0.6) is 0 Å². The second-order valence-electron chi connectivity index (χ2n) is 16.5. The van der Waals surface area contributed by atoms with Crippen molar-refractivity contribution in [1.29, 1.82) is 0 Å². The van der Waals surface area contributed by atoms with Crippen LogP contribution in [0.4, 0.5) is 4.79 Å². The molecule has 0 unspecified atom stereocenters. The van der Waals surface area contributed by atoms with Crippen LogP contribution in [0, 0.1) is 28.6 Å².